The Morgan fingerprint density at radius 2 is 1.71 bits per heavy atom. The van der Waals surface area contributed by atoms with Gasteiger partial charge in [-0.05, 0) is 41.5 Å². The highest BCUT2D eigenvalue weighted by atomic mass is 35.5. The van der Waals surface area contributed by atoms with Crippen molar-refractivity contribution in [1.29, 1.82) is 0 Å². The molecule has 5 nitrogen and oxygen atoms in total. The number of anilines is 2. The molecule has 0 saturated carbocycles. The van der Waals surface area contributed by atoms with Crippen molar-refractivity contribution in [3.05, 3.63) is 94.0 Å². The maximum atomic E-state index is 13.7. The highest BCUT2D eigenvalue weighted by molar-refractivity contribution is 6.34. The summed E-state index contributed by atoms with van der Waals surface area (Å²) in [7, 11) is 3.02. The second-order valence-corrected chi connectivity index (χ2v) is 8.61. The third-order valence-electron chi connectivity index (χ3n) is 6.08. The molecule has 0 N–H and O–H groups in total. The van der Waals surface area contributed by atoms with Crippen LogP contribution in [0.1, 0.15) is 27.0 Å². The summed E-state index contributed by atoms with van der Waals surface area (Å²) in [5.74, 6) is -0.825. The number of alkyl halides is 3. The van der Waals surface area contributed by atoms with E-state index in [0.29, 0.717) is 22.0 Å². The van der Waals surface area contributed by atoms with Crippen LogP contribution in [0.5, 0.6) is 0 Å². The Balaban J connectivity index is 1.72. The van der Waals surface area contributed by atoms with Crippen molar-refractivity contribution >= 4 is 34.9 Å². The summed E-state index contributed by atoms with van der Waals surface area (Å²) in [5.41, 5.74) is 1.36. The molecular weight excluding hydrogens is 481 g/mol. The first-order chi connectivity index (χ1) is 16.6. The minimum atomic E-state index is -4.55. The van der Waals surface area contributed by atoms with Gasteiger partial charge < -0.3 is 14.5 Å². The van der Waals surface area contributed by atoms with Gasteiger partial charge in [-0.25, -0.2) is 4.79 Å². The van der Waals surface area contributed by atoms with Crippen LogP contribution in [0.15, 0.2) is 66.7 Å². The number of halogens is 4. The molecular formula is C26H22ClF3N2O3. The average molecular weight is 503 g/mol. The lowest BCUT2D eigenvalue weighted by Gasteiger charge is -2.42. The molecule has 9 heteroatoms. The number of para-hydroxylation sites is 1. The minimum Gasteiger partial charge on any atom is -0.465 e. The SMILES string of the molecule is COC(=O)c1ccc(CC2C(=O)N(Cc3ccccc3C(F)(F)F)c3cccc(Cl)c3N2C)cc1. The third-order valence-corrected chi connectivity index (χ3v) is 6.39. The van der Waals surface area contributed by atoms with Gasteiger partial charge in [0.25, 0.3) is 0 Å². The second-order valence-electron chi connectivity index (χ2n) is 8.21. The number of esters is 1. The van der Waals surface area contributed by atoms with Gasteiger partial charge in [0, 0.05) is 13.5 Å². The van der Waals surface area contributed by atoms with Gasteiger partial charge in [0.1, 0.15) is 6.04 Å². The predicted molar refractivity (Wildman–Crippen MR) is 128 cm³/mol. The van der Waals surface area contributed by atoms with Gasteiger partial charge in [-0.3, -0.25) is 4.79 Å². The first kappa shape index (κ1) is 24.6. The van der Waals surface area contributed by atoms with Crippen LogP contribution in [0.3, 0.4) is 0 Å². The van der Waals surface area contributed by atoms with Gasteiger partial charge in [-0.2, -0.15) is 13.2 Å². The minimum absolute atomic E-state index is 0.00925. The second kappa shape index (κ2) is 9.62. The summed E-state index contributed by atoms with van der Waals surface area (Å²) >= 11 is 6.49. The van der Waals surface area contributed by atoms with Crippen LogP contribution in [0.25, 0.3) is 0 Å². The Morgan fingerprint density at radius 3 is 2.37 bits per heavy atom. The van der Waals surface area contributed by atoms with Crippen molar-refractivity contribution in [2.45, 2.75) is 25.2 Å². The summed E-state index contributed by atoms with van der Waals surface area (Å²) in [5, 5.41) is 0.387. The number of likely N-dealkylation sites (N-methyl/N-ethyl adjacent to an activating group) is 1. The van der Waals surface area contributed by atoms with E-state index in [1.54, 1.807) is 54.4 Å². The molecule has 3 aromatic carbocycles. The van der Waals surface area contributed by atoms with E-state index >= 15 is 0 Å². The van der Waals surface area contributed by atoms with Crippen molar-refractivity contribution in [1.82, 2.24) is 0 Å². The van der Waals surface area contributed by atoms with Crippen LogP contribution in [0, 0.1) is 0 Å². The number of fused-ring (bicyclic) bond motifs is 1. The van der Waals surface area contributed by atoms with E-state index in [9.17, 15) is 22.8 Å². The molecule has 1 unspecified atom stereocenters. The van der Waals surface area contributed by atoms with Crippen LogP contribution >= 0.6 is 11.6 Å². The number of ether oxygens (including phenoxy) is 1. The summed E-state index contributed by atoms with van der Waals surface area (Å²) < 4.78 is 45.6. The molecule has 0 radical (unpaired) electrons. The van der Waals surface area contributed by atoms with Crippen molar-refractivity contribution in [2.75, 3.05) is 24.0 Å². The van der Waals surface area contributed by atoms with Crippen LogP contribution in [0.2, 0.25) is 5.02 Å². The Kier molecular flexibility index (Phi) is 6.76. The summed E-state index contributed by atoms with van der Waals surface area (Å²) in [4.78, 5) is 28.5. The Morgan fingerprint density at radius 1 is 1.03 bits per heavy atom. The topological polar surface area (TPSA) is 49.9 Å². The standard InChI is InChI=1S/C26H22ClF3N2O3/c1-31-22(14-16-10-12-17(13-11-16)25(34)35-2)24(33)32(21-9-5-8-20(27)23(21)31)15-18-6-3-4-7-19(18)26(28,29)30/h3-13,22H,14-15H2,1-2H3. The fraction of sp³-hybridized carbons (Fsp3) is 0.231. The molecule has 1 amide bonds. The predicted octanol–water partition coefficient (Wildman–Crippen LogP) is 5.74. The number of carbonyl (C=O) groups excluding carboxylic acids is 2. The molecule has 0 aromatic heterocycles. The largest absolute Gasteiger partial charge is 0.465 e. The zero-order chi connectivity index (χ0) is 25.3. The number of benzene rings is 3. The van der Waals surface area contributed by atoms with Crippen LogP contribution in [-0.2, 0) is 28.7 Å². The highest BCUT2D eigenvalue weighted by Crippen LogP contribution is 2.42. The normalized spacial score (nSPS) is 15.7. The average Bonchev–Trinajstić information content (AvgIpc) is 2.83. The zero-order valence-corrected chi connectivity index (χ0v) is 19.7. The molecule has 1 aliphatic rings. The molecule has 0 spiro atoms. The zero-order valence-electron chi connectivity index (χ0n) is 19.0. The number of methoxy groups -OCH3 is 1. The van der Waals surface area contributed by atoms with E-state index in [-0.39, 0.29) is 24.4 Å². The summed E-state index contributed by atoms with van der Waals surface area (Å²) in [6.45, 7) is -0.256. The molecule has 3 aromatic rings. The molecule has 1 aliphatic heterocycles. The maximum absolute atomic E-state index is 13.7. The molecule has 0 bridgehead atoms. The van der Waals surface area contributed by atoms with Gasteiger partial charge in [0.15, 0.2) is 0 Å². The Bertz CT molecular complexity index is 1260. The lowest BCUT2D eigenvalue weighted by Crippen LogP contribution is -2.53. The molecule has 0 saturated heterocycles. The van der Waals surface area contributed by atoms with Crippen molar-refractivity contribution in [3.63, 3.8) is 0 Å². The van der Waals surface area contributed by atoms with Crippen LogP contribution < -0.4 is 9.80 Å². The summed E-state index contributed by atoms with van der Waals surface area (Å²) in [6, 6.07) is 16.2. The van der Waals surface area contributed by atoms with Gasteiger partial charge in [0.2, 0.25) is 5.91 Å². The number of hydrogen-bond acceptors (Lipinski definition) is 4. The van der Waals surface area contributed by atoms with Crippen LogP contribution in [0.4, 0.5) is 24.5 Å². The molecule has 182 valence electrons. The van der Waals surface area contributed by atoms with Gasteiger partial charge in [-0.1, -0.05) is 48.0 Å². The highest BCUT2D eigenvalue weighted by Gasteiger charge is 2.39. The number of hydrogen-bond donors (Lipinski definition) is 0. The molecule has 35 heavy (non-hydrogen) atoms. The van der Waals surface area contributed by atoms with E-state index in [1.165, 1.54) is 30.2 Å². The first-order valence-electron chi connectivity index (χ1n) is 10.8. The quantitative estimate of drug-likeness (QED) is 0.417. The number of nitrogens with zero attached hydrogens (tertiary/aromatic N) is 2. The smallest absolute Gasteiger partial charge is 0.416 e. The number of carbonyl (C=O) groups is 2. The monoisotopic (exact) mass is 502 g/mol. The lowest BCUT2D eigenvalue weighted by atomic mass is 9.97. The van der Waals surface area contributed by atoms with Gasteiger partial charge in [-0.15, -0.1) is 0 Å². The Labute approximate surface area is 205 Å². The summed E-state index contributed by atoms with van der Waals surface area (Å²) in [6.07, 6.45) is -4.29. The van der Waals surface area contributed by atoms with Gasteiger partial charge in [0.05, 0.1) is 41.2 Å². The fourth-order valence-corrected chi connectivity index (χ4v) is 4.60. The lowest BCUT2D eigenvalue weighted by molar-refractivity contribution is -0.138. The number of amides is 1. The number of rotatable bonds is 5. The van der Waals surface area contributed by atoms with E-state index in [1.807, 2.05) is 0 Å². The molecule has 0 aliphatic carbocycles. The van der Waals surface area contributed by atoms with Crippen molar-refractivity contribution in [3.8, 4) is 0 Å². The van der Waals surface area contributed by atoms with E-state index in [4.69, 9.17) is 16.3 Å². The van der Waals surface area contributed by atoms with E-state index in [0.717, 1.165) is 11.6 Å². The maximum Gasteiger partial charge on any atom is 0.416 e. The van der Waals surface area contributed by atoms with Crippen molar-refractivity contribution < 1.29 is 27.5 Å². The molecule has 1 heterocycles. The Hall–Kier alpha value is -3.52. The van der Waals surface area contributed by atoms with E-state index < -0.39 is 23.8 Å². The van der Waals surface area contributed by atoms with Crippen LogP contribution in [-0.4, -0.2) is 32.1 Å². The molecule has 0 fully saturated rings. The van der Waals surface area contributed by atoms with Crippen molar-refractivity contribution in [2.24, 2.45) is 0 Å². The van der Waals surface area contributed by atoms with E-state index in [2.05, 4.69) is 0 Å². The first-order valence-corrected chi connectivity index (χ1v) is 11.1. The van der Waals surface area contributed by atoms with Gasteiger partial charge >= 0.3 is 12.1 Å². The third kappa shape index (κ3) is 4.84. The fourth-order valence-electron chi connectivity index (χ4n) is 4.30. The molecule has 4 rings (SSSR count). The molecule has 1 atom stereocenters.